The highest BCUT2D eigenvalue weighted by molar-refractivity contribution is 5.42. The van der Waals surface area contributed by atoms with Crippen LogP contribution in [0.25, 0.3) is 0 Å². The van der Waals surface area contributed by atoms with E-state index < -0.39 is 0 Å². The number of likely N-dealkylation sites (N-methyl/N-ethyl adjacent to an activating group) is 1. The van der Waals surface area contributed by atoms with Crippen LogP contribution in [0.15, 0.2) is 73.8 Å². The molecule has 1 aliphatic rings. The Morgan fingerprint density at radius 2 is 1.78 bits per heavy atom. The summed E-state index contributed by atoms with van der Waals surface area (Å²) >= 11 is 0. The van der Waals surface area contributed by atoms with Crippen molar-refractivity contribution in [1.82, 2.24) is 4.90 Å². The van der Waals surface area contributed by atoms with Crippen molar-refractivity contribution in [2.75, 3.05) is 13.6 Å². The Bertz CT molecular complexity index is 636. The van der Waals surface area contributed by atoms with Gasteiger partial charge >= 0.3 is 0 Å². The lowest BCUT2D eigenvalue weighted by molar-refractivity contribution is 0.295. The Morgan fingerprint density at radius 1 is 1.09 bits per heavy atom. The number of aryl methyl sites for hydroxylation is 1. The van der Waals surface area contributed by atoms with Gasteiger partial charge in [-0.1, -0.05) is 80.8 Å². The Kier molecular flexibility index (Phi) is 6.37. The molecular formula is C22H27N. The van der Waals surface area contributed by atoms with Crippen LogP contribution in [0.2, 0.25) is 0 Å². The van der Waals surface area contributed by atoms with Crippen molar-refractivity contribution in [2.24, 2.45) is 0 Å². The summed E-state index contributed by atoms with van der Waals surface area (Å²) in [6, 6.07) is 17.9. The molecule has 0 radical (unpaired) electrons. The second-order valence-corrected chi connectivity index (χ2v) is 6.02. The zero-order chi connectivity index (χ0) is 16.7. The fraction of sp³-hybridized carbons (Fsp3) is 0.273. The minimum absolute atomic E-state index is 0.515. The van der Waals surface area contributed by atoms with Gasteiger partial charge in [0.15, 0.2) is 0 Å². The summed E-state index contributed by atoms with van der Waals surface area (Å²) in [5, 5.41) is 0. The molecule has 0 saturated carbocycles. The average Bonchev–Trinajstić information content (AvgIpc) is 2.61. The lowest BCUT2D eigenvalue weighted by Crippen LogP contribution is -2.31. The minimum atomic E-state index is 0.515. The molecule has 2 aromatic carbocycles. The van der Waals surface area contributed by atoms with Crippen molar-refractivity contribution in [3.63, 3.8) is 0 Å². The molecule has 0 N–H and O–H groups in total. The molecule has 0 fully saturated rings. The number of rotatable bonds is 3. The molecule has 0 bridgehead atoms. The highest BCUT2D eigenvalue weighted by atomic mass is 15.1. The van der Waals surface area contributed by atoms with Crippen molar-refractivity contribution in [2.45, 2.75) is 25.8 Å². The average molecular weight is 305 g/mol. The van der Waals surface area contributed by atoms with Gasteiger partial charge in [-0.25, -0.2) is 0 Å². The van der Waals surface area contributed by atoms with Gasteiger partial charge in [0.25, 0.3) is 0 Å². The maximum atomic E-state index is 3.36. The normalized spacial score (nSPS) is 16.7. The summed E-state index contributed by atoms with van der Waals surface area (Å²) in [7, 11) is 2.21. The van der Waals surface area contributed by atoms with Crippen molar-refractivity contribution < 1.29 is 0 Å². The van der Waals surface area contributed by atoms with Crippen molar-refractivity contribution in [3.8, 4) is 0 Å². The first-order valence-electron chi connectivity index (χ1n) is 8.28. The van der Waals surface area contributed by atoms with Gasteiger partial charge in [0.05, 0.1) is 0 Å². The van der Waals surface area contributed by atoms with Gasteiger partial charge in [0.1, 0.15) is 0 Å². The predicted octanol–water partition coefficient (Wildman–Crippen LogP) is 5.18. The van der Waals surface area contributed by atoms with Crippen LogP contribution < -0.4 is 0 Å². The Balaban J connectivity index is 0.000000433. The van der Waals surface area contributed by atoms with Gasteiger partial charge in [0.2, 0.25) is 0 Å². The number of hydrogen-bond donors (Lipinski definition) is 0. The summed E-state index contributed by atoms with van der Waals surface area (Å²) < 4.78 is 0. The van der Waals surface area contributed by atoms with E-state index in [1.54, 1.807) is 12.2 Å². The molecule has 0 aliphatic carbocycles. The van der Waals surface area contributed by atoms with E-state index in [4.69, 9.17) is 0 Å². The minimum Gasteiger partial charge on any atom is -0.301 e. The first-order chi connectivity index (χ1) is 11.2. The number of nitrogens with zero attached hydrogens (tertiary/aromatic N) is 1. The Labute approximate surface area is 141 Å². The number of benzene rings is 2. The van der Waals surface area contributed by atoms with Crippen LogP contribution in [0, 0.1) is 0 Å². The zero-order valence-electron chi connectivity index (χ0n) is 14.3. The second kappa shape index (κ2) is 8.50. The molecule has 1 aliphatic heterocycles. The molecule has 1 heterocycles. The van der Waals surface area contributed by atoms with E-state index in [1.807, 2.05) is 0 Å². The van der Waals surface area contributed by atoms with Crippen LogP contribution in [-0.2, 0) is 13.0 Å². The molecule has 23 heavy (non-hydrogen) atoms. The van der Waals surface area contributed by atoms with Crippen LogP contribution in [-0.4, -0.2) is 18.5 Å². The predicted molar refractivity (Wildman–Crippen MR) is 101 cm³/mol. The van der Waals surface area contributed by atoms with Gasteiger partial charge in [0, 0.05) is 19.0 Å². The molecule has 1 unspecified atom stereocenters. The highest BCUT2D eigenvalue weighted by Crippen LogP contribution is 2.33. The maximum absolute atomic E-state index is 3.36. The van der Waals surface area contributed by atoms with E-state index >= 15 is 0 Å². The van der Waals surface area contributed by atoms with Crippen LogP contribution in [0.3, 0.4) is 0 Å². The van der Waals surface area contributed by atoms with Crippen molar-refractivity contribution in [1.29, 1.82) is 0 Å². The van der Waals surface area contributed by atoms with E-state index in [1.165, 1.54) is 22.3 Å². The molecule has 3 rings (SSSR count). The van der Waals surface area contributed by atoms with E-state index in [2.05, 4.69) is 80.6 Å². The molecule has 2 aromatic rings. The molecule has 120 valence electrons. The smallest absolute Gasteiger partial charge is 0.0234 e. The van der Waals surface area contributed by atoms with E-state index in [0.717, 1.165) is 19.5 Å². The number of fused-ring (bicyclic) bond motifs is 1. The molecule has 0 saturated heterocycles. The first kappa shape index (κ1) is 17.2. The van der Waals surface area contributed by atoms with E-state index in [0.29, 0.717) is 5.92 Å². The molecule has 1 heteroatoms. The quantitative estimate of drug-likeness (QED) is 0.706. The highest BCUT2D eigenvalue weighted by Gasteiger charge is 2.24. The van der Waals surface area contributed by atoms with Crippen LogP contribution in [0.1, 0.15) is 35.1 Å². The van der Waals surface area contributed by atoms with E-state index in [9.17, 15) is 0 Å². The SMILES string of the molecule is C=CC=C.CCc1ccc2c(c1)C(c1ccccc1)CN(C)C2. The van der Waals surface area contributed by atoms with Crippen molar-refractivity contribution in [3.05, 3.63) is 96.1 Å². The summed E-state index contributed by atoms with van der Waals surface area (Å²) in [5.74, 6) is 0.515. The third kappa shape index (κ3) is 4.43. The second-order valence-electron chi connectivity index (χ2n) is 6.02. The Morgan fingerprint density at radius 3 is 2.39 bits per heavy atom. The van der Waals surface area contributed by atoms with Gasteiger partial charge < -0.3 is 4.90 Å². The largest absolute Gasteiger partial charge is 0.301 e. The molecule has 1 atom stereocenters. The summed E-state index contributed by atoms with van der Waals surface area (Å²) in [6.45, 7) is 11.1. The van der Waals surface area contributed by atoms with Crippen molar-refractivity contribution >= 4 is 0 Å². The lowest BCUT2D eigenvalue weighted by Gasteiger charge is -2.33. The summed E-state index contributed by atoms with van der Waals surface area (Å²) in [4.78, 5) is 2.42. The molecule has 1 nitrogen and oxygen atoms in total. The molecular weight excluding hydrogens is 278 g/mol. The Hall–Kier alpha value is -2.12. The summed E-state index contributed by atoms with van der Waals surface area (Å²) in [6.07, 6.45) is 4.39. The first-order valence-corrected chi connectivity index (χ1v) is 8.28. The lowest BCUT2D eigenvalue weighted by atomic mass is 9.84. The summed E-state index contributed by atoms with van der Waals surface area (Å²) in [5.41, 5.74) is 5.90. The number of allylic oxidation sites excluding steroid dienone is 2. The van der Waals surface area contributed by atoms with Crippen LogP contribution >= 0.6 is 0 Å². The topological polar surface area (TPSA) is 3.24 Å². The van der Waals surface area contributed by atoms with Gasteiger partial charge in [-0.2, -0.15) is 0 Å². The third-order valence-corrected chi connectivity index (χ3v) is 4.30. The van der Waals surface area contributed by atoms with Gasteiger partial charge in [-0.15, -0.1) is 0 Å². The zero-order valence-corrected chi connectivity index (χ0v) is 14.3. The number of hydrogen-bond acceptors (Lipinski definition) is 1. The fourth-order valence-corrected chi connectivity index (χ4v) is 3.07. The van der Waals surface area contributed by atoms with Crippen LogP contribution in [0.4, 0.5) is 0 Å². The standard InChI is InChI=1S/C18H21N.C4H6/c1-3-14-9-10-16-12-19(2)13-18(17(16)11-14)15-7-5-4-6-8-15;1-3-4-2/h4-11,18H,3,12-13H2,1-2H3;3-4H,1-2H2. The molecule has 0 amide bonds. The van der Waals surface area contributed by atoms with E-state index in [-0.39, 0.29) is 0 Å². The fourth-order valence-electron chi connectivity index (χ4n) is 3.07. The van der Waals surface area contributed by atoms with Gasteiger partial charge in [-0.3, -0.25) is 0 Å². The van der Waals surface area contributed by atoms with Crippen LogP contribution in [0.5, 0.6) is 0 Å². The van der Waals surface area contributed by atoms with Gasteiger partial charge in [-0.05, 0) is 35.7 Å². The maximum Gasteiger partial charge on any atom is 0.0234 e. The molecule has 0 aromatic heterocycles. The monoisotopic (exact) mass is 305 g/mol. The third-order valence-electron chi connectivity index (χ3n) is 4.30. The molecule has 0 spiro atoms.